The van der Waals surface area contributed by atoms with E-state index in [4.69, 9.17) is 0 Å². The molecule has 0 aliphatic carbocycles. The van der Waals surface area contributed by atoms with Gasteiger partial charge in [0.05, 0.1) is 12.1 Å². The molecule has 82 heavy (non-hydrogen) atoms. The molecule has 3 aromatic carbocycles. The van der Waals surface area contributed by atoms with Crippen LogP contribution in [-0.2, 0) is 51.4 Å². The maximum absolute atomic E-state index is 14.8. The third-order valence-corrected chi connectivity index (χ3v) is 17.4. The molecule has 1 unspecified atom stereocenters. The largest absolute Gasteiger partial charge is 0.356 e. The van der Waals surface area contributed by atoms with Gasteiger partial charge < -0.3 is 57.7 Å². The smallest absolute Gasteiger partial charge is 0.247 e. The maximum Gasteiger partial charge on any atom is 0.247 e. The summed E-state index contributed by atoms with van der Waals surface area (Å²) in [5.74, 6) is -2.70. The molecular formula is C63H91N11O8. The Balaban J connectivity index is 0.870. The van der Waals surface area contributed by atoms with Crippen molar-refractivity contribution < 1.29 is 38.4 Å². The Labute approximate surface area is 485 Å². The SMILES string of the molecule is CC[C@H](NC)C(=O)N[C@@H]1C(=O)N2C(CC[C@@H]1CCNCc1ccccc1)CC[C@H]2C(=O)N[C@H](C(=O)NCCCCCCCC(=O)NC[C@H]1CC[C@H]2CC[C@@H](C(=O)NCc3ccccc3)N2C(=O)[C@H]1NC(=O)[C@H](CC)NC)c1ccccc1. The van der Waals surface area contributed by atoms with Crippen LogP contribution in [0.2, 0.25) is 0 Å². The number of fused-ring (bicyclic) bond motifs is 2. The van der Waals surface area contributed by atoms with Crippen LogP contribution in [0, 0.1) is 11.8 Å². The van der Waals surface area contributed by atoms with Crippen molar-refractivity contribution in [1.82, 2.24) is 57.7 Å². The molecule has 7 rings (SSSR count). The van der Waals surface area contributed by atoms with E-state index in [0.29, 0.717) is 122 Å². The minimum atomic E-state index is -0.997. The van der Waals surface area contributed by atoms with Gasteiger partial charge >= 0.3 is 0 Å². The highest BCUT2D eigenvalue weighted by atomic mass is 16.2. The molecule has 3 aromatic rings. The zero-order chi connectivity index (χ0) is 58.4. The van der Waals surface area contributed by atoms with E-state index in [9.17, 15) is 38.4 Å². The summed E-state index contributed by atoms with van der Waals surface area (Å²) in [5.41, 5.74) is 2.74. The van der Waals surface area contributed by atoms with E-state index < -0.39 is 48.2 Å². The van der Waals surface area contributed by atoms with Crippen molar-refractivity contribution in [2.24, 2.45) is 11.8 Å². The number of hydrogen-bond donors (Lipinski definition) is 9. The van der Waals surface area contributed by atoms with Crippen molar-refractivity contribution in [2.45, 2.75) is 190 Å². The first-order chi connectivity index (χ1) is 39.8. The number of carbonyl (C=O) groups excluding carboxylic acids is 8. The minimum Gasteiger partial charge on any atom is -0.356 e. The molecule has 0 bridgehead atoms. The van der Waals surface area contributed by atoms with Gasteiger partial charge in [0.25, 0.3) is 0 Å². The molecular weight excluding hydrogens is 1040 g/mol. The molecule has 0 aromatic heterocycles. The third kappa shape index (κ3) is 17.2. The number of carbonyl (C=O) groups is 8. The van der Waals surface area contributed by atoms with Crippen LogP contribution in [0.5, 0.6) is 0 Å². The molecule has 4 aliphatic rings. The number of nitrogens with zero attached hydrogens (tertiary/aromatic N) is 2. The summed E-state index contributed by atoms with van der Waals surface area (Å²) in [7, 11) is 3.43. The van der Waals surface area contributed by atoms with E-state index in [0.717, 1.165) is 30.4 Å². The summed E-state index contributed by atoms with van der Waals surface area (Å²) < 4.78 is 0. The van der Waals surface area contributed by atoms with Gasteiger partial charge in [0.1, 0.15) is 30.2 Å². The molecule has 9 N–H and O–H groups in total. The molecule has 446 valence electrons. The Morgan fingerprint density at radius 3 is 1.60 bits per heavy atom. The lowest BCUT2D eigenvalue weighted by Gasteiger charge is -2.33. The van der Waals surface area contributed by atoms with E-state index in [2.05, 4.69) is 60.0 Å². The van der Waals surface area contributed by atoms with E-state index in [1.807, 2.05) is 80.6 Å². The van der Waals surface area contributed by atoms with Crippen LogP contribution in [0.25, 0.3) is 0 Å². The zero-order valence-corrected chi connectivity index (χ0v) is 48.7. The zero-order valence-electron chi connectivity index (χ0n) is 48.7. The molecule has 0 saturated carbocycles. The summed E-state index contributed by atoms with van der Waals surface area (Å²) in [6, 6.07) is 23.4. The number of benzene rings is 3. The van der Waals surface area contributed by atoms with Gasteiger partial charge in [-0.3, -0.25) is 38.4 Å². The summed E-state index contributed by atoms with van der Waals surface area (Å²) in [6.07, 6.45) is 10.8. The van der Waals surface area contributed by atoms with Crippen molar-refractivity contribution >= 4 is 47.3 Å². The molecule has 19 nitrogen and oxygen atoms in total. The van der Waals surface area contributed by atoms with Crippen LogP contribution in [0.3, 0.4) is 0 Å². The Morgan fingerprint density at radius 2 is 1.02 bits per heavy atom. The average Bonchev–Trinajstić information content (AvgIpc) is 4.31. The Hall–Kier alpha value is -6.70. The summed E-state index contributed by atoms with van der Waals surface area (Å²) in [4.78, 5) is 115. The van der Waals surface area contributed by atoms with Gasteiger partial charge in [0.2, 0.25) is 47.3 Å². The van der Waals surface area contributed by atoms with Crippen molar-refractivity contribution in [1.29, 1.82) is 0 Å². The molecule has 19 heteroatoms. The van der Waals surface area contributed by atoms with Crippen LogP contribution in [0.1, 0.15) is 146 Å². The number of rotatable bonds is 30. The average molecular weight is 1130 g/mol. The first kappa shape index (κ1) is 62.9. The Morgan fingerprint density at radius 1 is 0.524 bits per heavy atom. The standard InChI is InChI=1S/C63H91N11O8/c1-5-49(64-3)57(76)71-55-45(36-38-66-39-42-21-13-10-14-22-42)28-30-47-33-35-52(74(47)62(55)81)60(79)70-54(44-25-17-12-18-26-44)61(80)67-37-20-9-7-8-19-27-53(75)68-41-46-29-31-48-32-34-51(59(78)69-40-43-23-15-11-16-24-43)73(48)63(82)56(46)72-58(77)50(6-2)65-4/h10-18,21-26,45-52,54-56,64-66H,5-9,19-20,27-41H2,1-4H3,(H,67,80)(H,68,75)(H,69,78)(H,70,79)(H,71,76)(H,72,77)/t45-,46-,47?,48+,49+,50+,51+,52+,54+,55+,56+/m1/s1. The molecule has 0 spiro atoms. The number of amides is 8. The third-order valence-electron chi connectivity index (χ3n) is 17.4. The summed E-state index contributed by atoms with van der Waals surface area (Å²) in [6.45, 7) is 6.09. The summed E-state index contributed by atoms with van der Waals surface area (Å²) >= 11 is 0. The predicted octanol–water partition coefficient (Wildman–Crippen LogP) is 4.42. The fourth-order valence-electron chi connectivity index (χ4n) is 12.6. The molecule has 4 heterocycles. The monoisotopic (exact) mass is 1130 g/mol. The second-order valence-corrected chi connectivity index (χ2v) is 22.8. The molecule has 8 amide bonds. The Kier molecular flexibility index (Phi) is 24.7. The number of hydrogen-bond acceptors (Lipinski definition) is 11. The van der Waals surface area contributed by atoms with Gasteiger partial charge in [-0.15, -0.1) is 0 Å². The van der Waals surface area contributed by atoms with Crippen molar-refractivity contribution in [3.8, 4) is 0 Å². The van der Waals surface area contributed by atoms with Crippen molar-refractivity contribution in [2.75, 3.05) is 33.7 Å². The second-order valence-electron chi connectivity index (χ2n) is 22.8. The number of likely N-dealkylation sites (N-methyl/N-ethyl adjacent to an activating group) is 2. The second kappa shape index (κ2) is 32.2. The lowest BCUT2D eigenvalue weighted by Crippen LogP contribution is -2.59. The lowest BCUT2D eigenvalue weighted by atomic mass is 9.90. The van der Waals surface area contributed by atoms with Gasteiger partial charge in [-0.05, 0) is 127 Å². The van der Waals surface area contributed by atoms with Crippen LogP contribution in [0.15, 0.2) is 91.0 Å². The molecule has 4 saturated heterocycles. The highest BCUT2D eigenvalue weighted by Crippen LogP contribution is 2.37. The van der Waals surface area contributed by atoms with Crippen molar-refractivity contribution in [3.63, 3.8) is 0 Å². The van der Waals surface area contributed by atoms with Gasteiger partial charge in [0.15, 0.2) is 0 Å². The first-order valence-electron chi connectivity index (χ1n) is 30.4. The van der Waals surface area contributed by atoms with E-state index >= 15 is 0 Å². The van der Waals surface area contributed by atoms with Gasteiger partial charge in [-0.25, -0.2) is 0 Å². The summed E-state index contributed by atoms with van der Waals surface area (Å²) in [5, 5.41) is 27.8. The van der Waals surface area contributed by atoms with Crippen LogP contribution in [0.4, 0.5) is 0 Å². The molecule has 11 atom stereocenters. The highest BCUT2D eigenvalue weighted by Gasteiger charge is 2.49. The van der Waals surface area contributed by atoms with Gasteiger partial charge in [0, 0.05) is 50.6 Å². The molecule has 4 fully saturated rings. The van der Waals surface area contributed by atoms with E-state index in [-0.39, 0.29) is 71.8 Å². The van der Waals surface area contributed by atoms with Gasteiger partial charge in [-0.2, -0.15) is 0 Å². The van der Waals surface area contributed by atoms with E-state index in [1.165, 1.54) is 0 Å². The van der Waals surface area contributed by atoms with Crippen LogP contribution >= 0.6 is 0 Å². The number of unbranched alkanes of at least 4 members (excludes halogenated alkanes) is 4. The molecule has 4 aliphatic heterocycles. The minimum absolute atomic E-state index is 0.134. The van der Waals surface area contributed by atoms with E-state index in [1.54, 1.807) is 36.0 Å². The quantitative estimate of drug-likeness (QED) is 0.0423. The first-order valence-corrected chi connectivity index (χ1v) is 30.4. The van der Waals surface area contributed by atoms with Gasteiger partial charge in [-0.1, -0.05) is 124 Å². The normalized spacial score (nSPS) is 23.5. The number of nitrogens with one attached hydrogen (secondary N) is 9. The fourth-order valence-corrected chi connectivity index (χ4v) is 12.6. The maximum atomic E-state index is 14.8. The topological polar surface area (TPSA) is 251 Å². The highest BCUT2D eigenvalue weighted by molar-refractivity contribution is 5.96. The lowest BCUT2D eigenvalue weighted by molar-refractivity contribution is -0.144. The fraction of sp³-hybridized carbons (Fsp3) is 0.587. The predicted molar refractivity (Wildman–Crippen MR) is 315 cm³/mol. The van der Waals surface area contributed by atoms with Crippen molar-refractivity contribution in [3.05, 3.63) is 108 Å². The molecule has 0 radical (unpaired) electrons. The Bertz CT molecular complexity index is 2550. The van der Waals surface area contributed by atoms with Crippen LogP contribution in [-0.4, -0.2) is 139 Å². The van der Waals surface area contributed by atoms with Crippen LogP contribution < -0.4 is 47.9 Å².